The molecule has 24 heavy (non-hydrogen) atoms. The van der Waals surface area contributed by atoms with E-state index >= 15 is 0 Å². The second-order valence-electron chi connectivity index (χ2n) is 5.32. The van der Waals surface area contributed by atoms with Crippen molar-refractivity contribution < 1.29 is 43.5 Å². The highest BCUT2D eigenvalue weighted by atomic mass is 16.7. The highest BCUT2D eigenvalue weighted by molar-refractivity contribution is 5.82. The van der Waals surface area contributed by atoms with Gasteiger partial charge in [-0.3, -0.25) is 9.59 Å². The second kappa shape index (κ2) is 7.93. The number of hydrogen-bond donors (Lipinski definition) is 2. The molecule has 0 aromatic heterocycles. The summed E-state index contributed by atoms with van der Waals surface area (Å²) in [6, 6.07) is 0. The van der Waals surface area contributed by atoms with Gasteiger partial charge in [-0.2, -0.15) is 0 Å². The minimum atomic E-state index is -1.09. The molecule has 2 aliphatic heterocycles. The van der Waals surface area contributed by atoms with Crippen molar-refractivity contribution in [1.82, 2.24) is 0 Å². The Balaban J connectivity index is 1.83. The van der Waals surface area contributed by atoms with Crippen molar-refractivity contribution in [3.8, 4) is 0 Å². The zero-order valence-corrected chi connectivity index (χ0v) is 12.8. The molecule has 0 aromatic carbocycles. The van der Waals surface area contributed by atoms with Crippen LogP contribution in [0.3, 0.4) is 0 Å². The van der Waals surface area contributed by atoms with Gasteiger partial charge in [0.2, 0.25) is 0 Å². The quantitative estimate of drug-likeness (QED) is 0.286. The Bertz CT molecular complexity index is 553. The number of fused-ring (bicyclic) bond motifs is 1. The molecule has 9 nitrogen and oxygen atoms in total. The highest BCUT2D eigenvalue weighted by Crippen LogP contribution is 2.30. The molecule has 0 bridgehead atoms. The monoisotopic (exact) mass is 342 g/mol. The predicted molar refractivity (Wildman–Crippen MR) is 77.0 cm³/mol. The van der Waals surface area contributed by atoms with Crippen molar-refractivity contribution in [2.75, 3.05) is 13.2 Å². The lowest BCUT2D eigenvalue weighted by Gasteiger charge is -2.16. The number of aliphatic carboxylic acids is 1. The predicted octanol–water partition coefficient (Wildman–Crippen LogP) is 0.100. The van der Waals surface area contributed by atoms with Gasteiger partial charge in [0.25, 0.3) is 0 Å². The smallest absolute Gasteiger partial charge is 0.331 e. The van der Waals surface area contributed by atoms with Crippen molar-refractivity contribution in [2.45, 2.75) is 37.3 Å². The summed E-state index contributed by atoms with van der Waals surface area (Å²) < 4.78 is 21.3. The number of allylic oxidation sites excluding steroid dienone is 1. The summed E-state index contributed by atoms with van der Waals surface area (Å²) in [6.07, 6.45) is -0.923. The molecule has 2 rings (SSSR count). The summed E-state index contributed by atoms with van der Waals surface area (Å²) in [5.74, 6) is -2.71. The number of aliphatic hydroxyl groups is 1. The van der Waals surface area contributed by atoms with Crippen molar-refractivity contribution in [1.29, 1.82) is 0 Å². The van der Waals surface area contributed by atoms with Crippen LogP contribution in [0.1, 0.15) is 12.8 Å². The standard InChI is InChI=1S/C15H18O9/c1-8(16)2-4-12(19)23-9-6-21-15-10(7-22-14(9)15)24-13(20)5-3-11(17)18/h2,4,9-10,14-16H,1,3,5-7H2,(H,17,18)/b4-2-/t9-,10-,14+,15+/m0/s1. The molecule has 4 atom stereocenters. The maximum Gasteiger partial charge on any atom is 0.331 e. The van der Waals surface area contributed by atoms with Crippen molar-refractivity contribution in [2.24, 2.45) is 0 Å². The van der Waals surface area contributed by atoms with Crippen LogP contribution in [0.4, 0.5) is 0 Å². The molecule has 2 saturated heterocycles. The highest BCUT2D eigenvalue weighted by Gasteiger charge is 2.51. The van der Waals surface area contributed by atoms with E-state index in [1.165, 1.54) is 0 Å². The minimum Gasteiger partial charge on any atom is -0.509 e. The lowest BCUT2D eigenvalue weighted by molar-refractivity contribution is -0.156. The SMILES string of the molecule is C=C(O)/C=C\C(=O)O[C@H]1CO[C@H]2[C@@H]1OC[C@@H]2OC(=O)CCC(=O)O. The van der Waals surface area contributed by atoms with Crippen LogP contribution in [0.25, 0.3) is 0 Å². The lowest BCUT2D eigenvalue weighted by atomic mass is 10.1. The summed E-state index contributed by atoms with van der Waals surface area (Å²) >= 11 is 0. The zero-order valence-electron chi connectivity index (χ0n) is 12.8. The molecule has 0 aromatic rings. The minimum absolute atomic E-state index is 0.0749. The van der Waals surface area contributed by atoms with E-state index < -0.39 is 42.3 Å². The van der Waals surface area contributed by atoms with Gasteiger partial charge in [0.05, 0.1) is 26.1 Å². The Morgan fingerprint density at radius 2 is 1.58 bits per heavy atom. The van der Waals surface area contributed by atoms with E-state index in [1.54, 1.807) is 0 Å². The van der Waals surface area contributed by atoms with E-state index in [0.717, 1.165) is 12.2 Å². The molecule has 2 aliphatic rings. The van der Waals surface area contributed by atoms with E-state index in [0.29, 0.717) is 0 Å². The van der Waals surface area contributed by atoms with Crippen LogP contribution in [0, 0.1) is 0 Å². The topological polar surface area (TPSA) is 129 Å². The fourth-order valence-electron chi connectivity index (χ4n) is 2.42. The average molecular weight is 342 g/mol. The van der Waals surface area contributed by atoms with Crippen LogP contribution < -0.4 is 0 Å². The van der Waals surface area contributed by atoms with Gasteiger partial charge >= 0.3 is 17.9 Å². The number of carboxylic acid groups (broad SMARTS) is 1. The van der Waals surface area contributed by atoms with E-state index in [2.05, 4.69) is 6.58 Å². The number of carbonyl (C=O) groups is 3. The van der Waals surface area contributed by atoms with Gasteiger partial charge < -0.3 is 29.2 Å². The van der Waals surface area contributed by atoms with E-state index in [4.69, 9.17) is 29.2 Å². The number of carbonyl (C=O) groups excluding carboxylic acids is 2. The molecule has 132 valence electrons. The molecule has 0 unspecified atom stereocenters. The fourth-order valence-corrected chi connectivity index (χ4v) is 2.42. The van der Waals surface area contributed by atoms with Gasteiger partial charge in [0.1, 0.15) is 18.0 Å². The molecule has 2 heterocycles. The zero-order chi connectivity index (χ0) is 17.7. The third-order valence-electron chi connectivity index (χ3n) is 3.47. The first-order valence-corrected chi connectivity index (χ1v) is 7.28. The van der Waals surface area contributed by atoms with Crippen molar-refractivity contribution >= 4 is 17.9 Å². The summed E-state index contributed by atoms with van der Waals surface area (Å²) in [6.45, 7) is 3.36. The Kier molecular flexibility index (Phi) is 5.93. The molecule has 0 saturated carbocycles. The van der Waals surface area contributed by atoms with Crippen LogP contribution >= 0.6 is 0 Å². The van der Waals surface area contributed by atoms with Gasteiger partial charge in [-0.05, 0) is 6.08 Å². The van der Waals surface area contributed by atoms with Crippen LogP contribution in [-0.2, 0) is 33.3 Å². The van der Waals surface area contributed by atoms with Crippen LogP contribution in [0.5, 0.6) is 0 Å². The first kappa shape index (κ1) is 18.0. The van der Waals surface area contributed by atoms with Crippen LogP contribution in [-0.4, -0.2) is 65.8 Å². The van der Waals surface area contributed by atoms with Gasteiger partial charge in [-0.1, -0.05) is 6.58 Å². The van der Waals surface area contributed by atoms with Gasteiger partial charge in [-0.25, -0.2) is 4.79 Å². The van der Waals surface area contributed by atoms with Crippen LogP contribution in [0.15, 0.2) is 24.5 Å². The van der Waals surface area contributed by atoms with Gasteiger partial charge in [-0.15, -0.1) is 0 Å². The van der Waals surface area contributed by atoms with Gasteiger partial charge in [0.15, 0.2) is 12.2 Å². The Labute approximate surface area is 137 Å². The van der Waals surface area contributed by atoms with E-state index in [-0.39, 0.29) is 31.8 Å². The number of aliphatic hydroxyl groups excluding tert-OH is 1. The third kappa shape index (κ3) is 4.80. The number of esters is 2. The first-order valence-electron chi connectivity index (χ1n) is 7.28. The van der Waals surface area contributed by atoms with E-state index in [9.17, 15) is 14.4 Å². The van der Waals surface area contributed by atoms with E-state index in [1.807, 2.05) is 0 Å². The summed E-state index contributed by atoms with van der Waals surface area (Å²) in [7, 11) is 0. The number of carboxylic acids is 1. The molecule has 0 amide bonds. The van der Waals surface area contributed by atoms with Crippen molar-refractivity contribution in [3.05, 3.63) is 24.5 Å². The molecule has 9 heteroatoms. The maximum absolute atomic E-state index is 11.6. The van der Waals surface area contributed by atoms with Crippen molar-refractivity contribution in [3.63, 3.8) is 0 Å². The molecule has 2 N–H and O–H groups in total. The Morgan fingerprint density at radius 3 is 2.12 bits per heavy atom. The van der Waals surface area contributed by atoms with Gasteiger partial charge in [0, 0.05) is 6.08 Å². The fraction of sp³-hybridized carbons (Fsp3) is 0.533. The molecular weight excluding hydrogens is 324 g/mol. The molecular formula is C15H18O9. The molecule has 0 radical (unpaired) electrons. The maximum atomic E-state index is 11.6. The molecule has 0 spiro atoms. The second-order valence-corrected chi connectivity index (χ2v) is 5.32. The summed E-state index contributed by atoms with van der Waals surface area (Å²) in [5, 5.41) is 17.4. The third-order valence-corrected chi connectivity index (χ3v) is 3.47. The van der Waals surface area contributed by atoms with Crippen LogP contribution in [0.2, 0.25) is 0 Å². The Morgan fingerprint density at radius 1 is 1.00 bits per heavy atom. The average Bonchev–Trinajstić information content (AvgIpc) is 3.07. The normalized spacial score (nSPS) is 28.5. The lowest BCUT2D eigenvalue weighted by Crippen LogP contribution is -2.35. The number of rotatable bonds is 7. The molecule has 0 aliphatic carbocycles. The number of ether oxygens (including phenoxy) is 4. The summed E-state index contributed by atoms with van der Waals surface area (Å²) in [4.78, 5) is 33.6. The Hall–Kier alpha value is -2.39. The number of hydrogen-bond acceptors (Lipinski definition) is 8. The summed E-state index contributed by atoms with van der Waals surface area (Å²) in [5.41, 5.74) is 0. The molecule has 2 fully saturated rings. The largest absolute Gasteiger partial charge is 0.509 e. The first-order chi connectivity index (χ1) is 11.4.